The predicted octanol–water partition coefficient (Wildman–Crippen LogP) is 1.73. The van der Waals surface area contributed by atoms with E-state index in [1.54, 1.807) is 4.90 Å². The van der Waals surface area contributed by atoms with E-state index in [1.165, 1.54) is 12.1 Å². The Balaban J connectivity index is 2.17. The molecular weight excluding hydrogens is 276 g/mol. The number of carbonyl (C=O) groups excluding carboxylic acids is 1. The molecule has 1 aromatic rings. The fourth-order valence-electron chi connectivity index (χ4n) is 2.19. The van der Waals surface area contributed by atoms with Gasteiger partial charge in [0, 0.05) is 6.54 Å². The minimum atomic E-state index is -1.22. The summed E-state index contributed by atoms with van der Waals surface area (Å²) in [5, 5.41) is 21.0. The SMILES string of the molecule is CC1CN(C(=O)Nc2ccc(O)cc2C(=O)O)C(C)CO1. The number of benzene rings is 1. The maximum Gasteiger partial charge on any atom is 0.337 e. The van der Waals surface area contributed by atoms with Crippen molar-refractivity contribution >= 4 is 17.7 Å². The van der Waals surface area contributed by atoms with Crippen LogP contribution in [0.1, 0.15) is 24.2 Å². The Hall–Kier alpha value is -2.28. The summed E-state index contributed by atoms with van der Waals surface area (Å²) in [7, 11) is 0. The fraction of sp³-hybridized carbons (Fsp3) is 0.429. The lowest BCUT2D eigenvalue weighted by Crippen LogP contribution is -2.51. The number of carboxylic acids is 1. The van der Waals surface area contributed by atoms with E-state index in [0.29, 0.717) is 13.2 Å². The van der Waals surface area contributed by atoms with E-state index >= 15 is 0 Å². The maximum atomic E-state index is 12.3. The van der Waals surface area contributed by atoms with Crippen LogP contribution in [0.5, 0.6) is 5.75 Å². The minimum absolute atomic E-state index is 0.0642. The van der Waals surface area contributed by atoms with Crippen molar-refractivity contribution in [2.45, 2.75) is 26.0 Å². The Labute approximate surface area is 122 Å². The second kappa shape index (κ2) is 6.01. The number of anilines is 1. The third-order valence-corrected chi connectivity index (χ3v) is 3.34. The number of nitrogens with zero attached hydrogens (tertiary/aromatic N) is 1. The van der Waals surface area contributed by atoms with Crippen LogP contribution in [-0.2, 0) is 4.74 Å². The van der Waals surface area contributed by atoms with E-state index in [4.69, 9.17) is 9.84 Å². The largest absolute Gasteiger partial charge is 0.508 e. The van der Waals surface area contributed by atoms with E-state index in [2.05, 4.69) is 5.32 Å². The number of aromatic hydroxyl groups is 1. The van der Waals surface area contributed by atoms with Gasteiger partial charge >= 0.3 is 12.0 Å². The molecule has 7 nitrogen and oxygen atoms in total. The lowest BCUT2D eigenvalue weighted by molar-refractivity contribution is -0.0296. The number of hydrogen-bond donors (Lipinski definition) is 3. The number of aromatic carboxylic acids is 1. The topological polar surface area (TPSA) is 99.1 Å². The number of urea groups is 1. The highest BCUT2D eigenvalue weighted by Crippen LogP contribution is 2.22. The molecule has 0 spiro atoms. The first-order valence-electron chi connectivity index (χ1n) is 6.64. The van der Waals surface area contributed by atoms with Crippen molar-refractivity contribution in [3.8, 4) is 5.75 Å². The number of phenols is 1. The minimum Gasteiger partial charge on any atom is -0.508 e. The van der Waals surface area contributed by atoms with Crippen LogP contribution in [0.2, 0.25) is 0 Å². The molecule has 1 aromatic carbocycles. The van der Waals surface area contributed by atoms with E-state index < -0.39 is 5.97 Å². The number of rotatable bonds is 2. The fourth-order valence-corrected chi connectivity index (χ4v) is 2.19. The van der Waals surface area contributed by atoms with Gasteiger partial charge in [-0.25, -0.2) is 9.59 Å². The molecule has 1 saturated heterocycles. The molecule has 2 atom stereocenters. The van der Waals surface area contributed by atoms with Crippen LogP contribution < -0.4 is 5.32 Å². The molecular formula is C14H18N2O5. The molecule has 2 amide bonds. The van der Waals surface area contributed by atoms with E-state index in [9.17, 15) is 14.7 Å². The Morgan fingerprint density at radius 2 is 2.10 bits per heavy atom. The number of amides is 2. The van der Waals surface area contributed by atoms with E-state index in [1.807, 2.05) is 13.8 Å². The zero-order chi connectivity index (χ0) is 15.6. The van der Waals surface area contributed by atoms with Crippen molar-refractivity contribution in [2.24, 2.45) is 0 Å². The summed E-state index contributed by atoms with van der Waals surface area (Å²) in [6.07, 6.45) is -0.0642. The Bertz CT molecular complexity index is 560. The first-order chi connectivity index (χ1) is 9.88. The quantitative estimate of drug-likeness (QED) is 0.721. The molecule has 2 rings (SSSR count). The zero-order valence-corrected chi connectivity index (χ0v) is 11.9. The lowest BCUT2D eigenvalue weighted by atomic mass is 10.1. The molecule has 2 unspecified atom stereocenters. The second-order valence-corrected chi connectivity index (χ2v) is 5.11. The maximum absolute atomic E-state index is 12.3. The molecule has 1 fully saturated rings. The van der Waals surface area contributed by atoms with Crippen molar-refractivity contribution in [1.82, 2.24) is 4.90 Å². The summed E-state index contributed by atoms with van der Waals surface area (Å²) in [6, 6.07) is 3.32. The third-order valence-electron chi connectivity index (χ3n) is 3.34. The van der Waals surface area contributed by atoms with Crippen LogP contribution in [0.3, 0.4) is 0 Å². The average molecular weight is 294 g/mol. The molecule has 21 heavy (non-hydrogen) atoms. The molecule has 0 saturated carbocycles. The summed E-state index contributed by atoms with van der Waals surface area (Å²) in [5.74, 6) is -1.39. The summed E-state index contributed by atoms with van der Waals surface area (Å²) in [5.41, 5.74) is -0.00560. The van der Waals surface area contributed by atoms with Gasteiger partial charge in [-0.3, -0.25) is 0 Å². The second-order valence-electron chi connectivity index (χ2n) is 5.11. The van der Waals surface area contributed by atoms with E-state index in [0.717, 1.165) is 6.07 Å². The van der Waals surface area contributed by atoms with E-state index in [-0.39, 0.29) is 35.2 Å². The number of hydrogen-bond acceptors (Lipinski definition) is 4. The number of ether oxygens (including phenoxy) is 1. The first kappa shape index (κ1) is 15.1. The molecule has 1 aliphatic rings. The van der Waals surface area contributed by atoms with Crippen LogP contribution in [0, 0.1) is 0 Å². The lowest BCUT2D eigenvalue weighted by Gasteiger charge is -2.36. The van der Waals surface area contributed by atoms with Gasteiger partial charge in [0.15, 0.2) is 0 Å². The van der Waals surface area contributed by atoms with Gasteiger partial charge in [-0.2, -0.15) is 0 Å². The van der Waals surface area contributed by atoms with Crippen molar-refractivity contribution in [3.05, 3.63) is 23.8 Å². The molecule has 0 aliphatic carbocycles. The van der Waals surface area contributed by atoms with Crippen LogP contribution >= 0.6 is 0 Å². The number of carbonyl (C=O) groups is 2. The van der Waals surface area contributed by atoms with Crippen molar-refractivity contribution in [2.75, 3.05) is 18.5 Å². The predicted molar refractivity (Wildman–Crippen MR) is 75.7 cm³/mol. The molecule has 114 valence electrons. The molecule has 1 heterocycles. The Kier molecular flexibility index (Phi) is 4.32. The standard InChI is InChI=1S/C14H18N2O5/c1-8-7-21-9(2)6-16(8)14(20)15-12-4-3-10(17)5-11(12)13(18)19/h3-5,8-9,17H,6-7H2,1-2H3,(H,15,20)(H,18,19). The van der Waals surface area contributed by atoms with Gasteiger partial charge in [-0.1, -0.05) is 0 Å². The monoisotopic (exact) mass is 294 g/mol. The molecule has 7 heteroatoms. The third kappa shape index (κ3) is 3.43. The number of phenolic OH excluding ortho intramolecular Hbond substituents is 1. The molecule has 0 bridgehead atoms. The molecule has 0 radical (unpaired) electrons. The van der Waals surface area contributed by atoms with Gasteiger partial charge in [0.2, 0.25) is 0 Å². The highest BCUT2D eigenvalue weighted by molar-refractivity contribution is 6.00. The number of morpholine rings is 1. The zero-order valence-electron chi connectivity index (χ0n) is 11.9. The van der Waals surface area contributed by atoms with Gasteiger partial charge in [-0.15, -0.1) is 0 Å². The van der Waals surface area contributed by atoms with Crippen LogP contribution in [0.15, 0.2) is 18.2 Å². The summed E-state index contributed by atoms with van der Waals surface area (Å²) < 4.78 is 5.45. The highest BCUT2D eigenvalue weighted by Gasteiger charge is 2.28. The van der Waals surface area contributed by atoms with Crippen molar-refractivity contribution in [3.63, 3.8) is 0 Å². The van der Waals surface area contributed by atoms with Crippen LogP contribution in [-0.4, -0.2) is 52.4 Å². The molecule has 1 aliphatic heterocycles. The van der Waals surface area contributed by atoms with Crippen molar-refractivity contribution < 1.29 is 24.5 Å². The summed E-state index contributed by atoms with van der Waals surface area (Å²) in [4.78, 5) is 25.0. The highest BCUT2D eigenvalue weighted by atomic mass is 16.5. The van der Waals surface area contributed by atoms with Crippen LogP contribution in [0.25, 0.3) is 0 Å². The van der Waals surface area contributed by atoms with Gasteiger partial charge in [-0.05, 0) is 32.0 Å². The van der Waals surface area contributed by atoms with Gasteiger partial charge < -0.3 is 25.2 Å². The van der Waals surface area contributed by atoms with Crippen LogP contribution in [0.4, 0.5) is 10.5 Å². The Morgan fingerprint density at radius 3 is 2.76 bits per heavy atom. The van der Waals surface area contributed by atoms with Gasteiger partial charge in [0.1, 0.15) is 5.75 Å². The molecule has 0 aromatic heterocycles. The van der Waals surface area contributed by atoms with Crippen molar-refractivity contribution in [1.29, 1.82) is 0 Å². The smallest absolute Gasteiger partial charge is 0.337 e. The number of nitrogens with one attached hydrogen (secondary N) is 1. The summed E-state index contributed by atoms with van der Waals surface area (Å²) >= 11 is 0. The number of carboxylic acid groups (broad SMARTS) is 1. The van der Waals surface area contributed by atoms with Gasteiger partial charge in [0.05, 0.1) is 30.0 Å². The molecule has 3 N–H and O–H groups in total. The normalized spacial score (nSPS) is 21.9. The summed E-state index contributed by atoms with van der Waals surface area (Å²) in [6.45, 7) is 4.61. The Morgan fingerprint density at radius 1 is 1.38 bits per heavy atom. The van der Waals surface area contributed by atoms with Gasteiger partial charge in [0.25, 0.3) is 0 Å². The average Bonchev–Trinajstić information content (AvgIpc) is 2.43. The first-order valence-corrected chi connectivity index (χ1v) is 6.64.